The van der Waals surface area contributed by atoms with Crippen molar-refractivity contribution < 1.29 is 9.53 Å². The van der Waals surface area contributed by atoms with Crippen molar-refractivity contribution in [2.24, 2.45) is 5.10 Å². The maximum absolute atomic E-state index is 12.8. The molecular formula is C22H22N4O2. The average Bonchev–Trinajstić information content (AvgIpc) is 3.05. The van der Waals surface area contributed by atoms with Gasteiger partial charge in [-0.05, 0) is 19.4 Å². The van der Waals surface area contributed by atoms with Crippen LogP contribution in [0.4, 0.5) is 5.95 Å². The number of ether oxygens (including phenoxy) is 1. The number of fused-ring (bicyclic) bond motifs is 1. The van der Waals surface area contributed by atoms with Crippen molar-refractivity contribution in [1.29, 1.82) is 0 Å². The molecule has 2 heterocycles. The van der Waals surface area contributed by atoms with Gasteiger partial charge in [-0.2, -0.15) is 5.10 Å². The molecule has 3 aromatic rings. The number of carbonyl (C=O) groups is 1. The van der Waals surface area contributed by atoms with Crippen molar-refractivity contribution in [3.05, 3.63) is 71.4 Å². The third-order valence-electron chi connectivity index (χ3n) is 4.87. The van der Waals surface area contributed by atoms with E-state index in [4.69, 9.17) is 15.6 Å². The van der Waals surface area contributed by atoms with Crippen LogP contribution in [-0.2, 0) is 9.53 Å². The summed E-state index contributed by atoms with van der Waals surface area (Å²) in [6.45, 7) is 4.15. The summed E-state index contributed by atoms with van der Waals surface area (Å²) in [4.78, 5) is 17.3. The minimum atomic E-state index is -0.520. The Bertz CT molecular complexity index is 1040. The van der Waals surface area contributed by atoms with Crippen LogP contribution in [0.25, 0.3) is 11.3 Å². The molecule has 1 atom stereocenters. The van der Waals surface area contributed by atoms with Crippen LogP contribution in [0.2, 0.25) is 0 Å². The Morgan fingerprint density at radius 2 is 1.86 bits per heavy atom. The van der Waals surface area contributed by atoms with Crippen LogP contribution in [0.1, 0.15) is 36.1 Å². The predicted octanol–water partition coefficient (Wildman–Crippen LogP) is 3.74. The lowest BCUT2D eigenvalue weighted by Crippen LogP contribution is -2.27. The van der Waals surface area contributed by atoms with Gasteiger partial charge in [-0.15, -0.1) is 0 Å². The summed E-state index contributed by atoms with van der Waals surface area (Å²) in [7, 11) is 0. The van der Waals surface area contributed by atoms with Crippen LogP contribution in [-0.4, -0.2) is 27.9 Å². The van der Waals surface area contributed by atoms with Gasteiger partial charge in [0.25, 0.3) is 0 Å². The molecule has 0 bridgehead atoms. The number of esters is 1. The third-order valence-corrected chi connectivity index (χ3v) is 4.87. The van der Waals surface area contributed by atoms with Gasteiger partial charge in [-0.25, -0.2) is 9.66 Å². The molecule has 28 heavy (non-hydrogen) atoms. The number of aromatic nitrogens is 2. The zero-order chi connectivity index (χ0) is 19.7. The number of carbonyl (C=O) groups excluding carboxylic acids is 1. The first-order chi connectivity index (χ1) is 13.6. The fraction of sp³-hybridized carbons (Fsp3) is 0.227. The van der Waals surface area contributed by atoms with Crippen molar-refractivity contribution in [3.63, 3.8) is 0 Å². The predicted molar refractivity (Wildman–Crippen MR) is 109 cm³/mol. The Hall–Kier alpha value is -3.41. The highest BCUT2D eigenvalue weighted by Gasteiger charge is 2.36. The van der Waals surface area contributed by atoms with Crippen LogP contribution in [0, 0.1) is 6.92 Å². The summed E-state index contributed by atoms with van der Waals surface area (Å²) in [5.41, 5.74) is 11.3. The van der Waals surface area contributed by atoms with E-state index in [2.05, 4.69) is 4.98 Å². The Kier molecular flexibility index (Phi) is 4.69. The van der Waals surface area contributed by atoms with E-state index in [1.807, 2.05) is 61.5 Å². The maximum atomic E-state index is 12.8. The number of nitrogens with two attached hydrogens (primary N) is 1. The summed E-state index contributed by atoms with van der Waals surface area (Å²) < 4.78 is 6.95. The lowest BCUT2D eigenvalue weighted by Gasteiger charge is -2.23. The van der Waals surface area contributed by atoms with Gasteiger partial charge >= 0.3 is 5.97 Å². The molecule has 0 aliphatic carbocycles. The van der Waals surface area contributed by atoms with Gasteiger partial charge in [-0.3, -0.25) is 4.79 Å². The van der Waals surface area contributed by atoms with E-state index >= 15 is 0 Å². The largest absolute Gasteiger partial charge is 0.465 e. The number of benzene rings is 2. The highest BCUT2D eigenvalue weighted by Crippen LogP contribution is 2.37. The first kappa shape index (κ1) is 18.0. The number of nitrogen functional groups attached to an aromatic ring is 1. The quantitative estimate of drug-likeness (QED) is 0.705. The smallest absolute Gasteiger partial charge is 0.315 e. The average molecular weight is 374 g/mol. The highest BCUT2D eigenvalue weighted by molar-refractivity contribution is 6.04. The zero-order valence-corrected chi connectivity index (χ0v) is 15.9. The first-order valence-electron chi connectivity index (χ1n) is 9.33. The van der Waals surface area contributed by atoms with Gasteiger partial charge < -0.3 is 10.5 Å². The lowest BCUT2D eigenvalue weighted by molar-refractivity contribution is -0.145. The Morgan fingerprint density at radius 3 is 2.54 bits per heavy atom. The van der Waals surface area contributed by atoms with Gasteiger partial charge in [0.15, 0.2) is 0 Å². The Balaban J connectivity index is 1.88. The molecule has 0 saturated carbocycles. The zero-order valence-electron chi connectivity index (χ0n) is 15.9. The molecule has 1 aromatic heterocycles. The molecule has 0 fully saturated rings. The number of hydrogen-bond acceptors (Lipinski definition) is 5. The number of rotatable bonds is 4. The molecule has 0 amide bonds. The van der Waals surface area contributed by atoms with Gasteiger partial charge in [0, 0.05) is 12.0 Å². The topological polar surface area (TPSA) is 82.5 Å². The Morgan fingerprint density at radius 1 is 1.14 bits per heavy atom. The number of hydrogen-bond donors (Lipinski definition) is 1. The molecular weight excluding hydrogens is 352 g/mol. The lowest BCUT2D eigenvalue weighted by atomic mass is 9.91. The highest BCUT2D eigenvalue weighted by atomic mass is 16.5. The maximum Gasteiger partial charge on any atom is 0.315 e. The molecule has 2 N–H and O–H groups in total. The number of anilines is 1. The molecule has 6 nitrogen and oxygen atoms in total. The fourth-order valence-corrected chi connectivity index (χ4v) is 3.48. The van der Waals surface area contributed by atoms with E-state index < -0.39 is 5.92 Å². The van der Waals surface area contributed by atoms with E-state index in [1.54, 1.807) is 11.6 Å². The first-order valence-corrected chi connectivity index (χ1v) is 9.33. The van der Waals surface area contributed by atoms with E-state index in [-0.39, 0.29) is 11.9 Å². The van der Waals surface area contributed by atoms with Crippen molar-refractivity contribution in [3.8, 4) is 11.3 Å². The minimum Gasteiger partial charge on any atom is -0.465 e. The molecule has 0 radical (unpaired) electrons. The molecule has 0 spiro atoms. The normalized spacial score (nSPS) is 15.6. The van der Waals surface area contributed by atoms with Crippen LogP contribution in [0.3, 0.4) is 0 Å². The molecule has 1 aliphatic heterocycles. The summed E-state index contributed by atoms with van der Waals surface area (Å²) in [5.74, 6) is -0.554. The SMILES string of the molecule is CCOC(=O)C1CC(c2ccc(C)cc2)=Nn2c(N)nc(-c3ccccc3)c21. The van der Waals surface area contributed by atoms with Crippen molar-refractivity contribution in [1.82, 2.24) is 9.66 Å². The summed E-state index contributed by atoms with van der Waals surface area (Å²) >= 11 is 0. The molecule has 142 valence electrons. The molecule has 4 rings (SSSR count). The molecule has 2 aromatic carbocycles. The van der Waals surface area contributed by atoms with Gasteiger partial charge in [0.05, 0.1) is 23.7 Å². The minimum absolute atomic E-state index is 0.257. The fourth-order valence-electron chi connectivity index (χ4n) is 3.48. The van der Waals surface area contributed by atoms with Gasteiger partial charge in [-0.1, -0.05) is 60.2 Å². The van der Waals surface area contributed by atoms with Gasteiger partial charge in [0.2, 0.25) is 5.95 Å². The molecule has 6 heteroatoms. The van der Waals surface area contributed by atoms with E-state index in [1.165, 1.54) is 0 Å². The second-order valence-corrected chi connectivity index (χ2v) is 6.80. The van der Waals surface area contributed by atoms with Crippen LogP contribution >= 0.6 is 0 Å². The standard InChI is InChI=1S/C22H22N4O2/c1-3-28-21(27)17-13-18(15-11-9-14(2)10-12-15)25-26-20(17)19(24-22(26)23)16-7-5-4-6-8-16/h4-12,17H,3,13H2,1-2H3,(H2,23,24). The Labute approximate surface area is 163 Å². The summed E-state index contributed by atoms with van der Waals surface area (Å²) in [5, 5.41) is 4.72. The molecule has 1 aliphatic rings. The van der Waals surface area contributed by atoms with Crippen molar-refractivity contribution >= 4 is 17.6 Å². The van der Waals surface area contributed by atoms with Gasteiger partial charge in [0.1, 0.15) is 5.92 Å². The van der Waals surface area contributed by atoms with E-state index in [9.17, 15) is 4.79 Å². The number of imidazole rings is 1. The number of nitrogens with zero attached hydrogens (tertiary/aromatic N) is 3. The van der Waals surface area contributed by atoms with Crippen LogP contribution < -0.4 is 5.73 Å². The monoisotopic (exact) mass is 374 g/mol. The number of aryl methyl sites for hydroxylation is 1. The molecule has 1 unspecified atom stereocenters. The summed E-state index contributed by atoms with van der Waals surface area (Å²) in [6, 6.07) is 17.8. The van der Waals surface area contributed by atoms with E-state index in [0.29, 0.717) is 24.4 Å². The second kappa shape index (κ2) is 7.31. The van der Waals surface area contributed by atoms with Crippen molar-refractivity contribution in [2.45, 2.75) is 26.2 Å². The van der Waals surface area contributed by atoms with Crippen molar-refractivity contribution in [2.75, 3.05) is 12.3 Å². The van der Waals surface area contributed by atoms with Crippen LogP contribution in [0.15, 0.2) is 59.7 Å². The second-order valence-electron chi connectivity index (χ2n) is 6.80. The van der Waals surface area contributed by atoms with E-state index in [0.717, 1.165) is 22.4 Å². The van der Waals surface area contributed by atoms with Crippen LogP contribution in [0.5, 0.6) is 0 Å². The summed E-state index contributed by atoms with van der Waals surface area (Å²) in [6.07, 6.45) is 0.437. The third kappa shape index (κ3) is 3.17. The molecule has 0 saturated heterocycles.